The lowest BCUT2D eigenvalue weighted by Crippen LogP contribution is -2.37. The second-order valence-corrected chi connectivity index (χ2v) is 6.44. The van der Waals surface area contributed by atoms with Crippen LogP contribution >= 0.6 is 0 Å². The van der Waals surface area contributed by atoms with Crippen molar-refractivity contribution in [1.82, 2.24) is 18.7 Å². The normalized spacial score (nSPS) is 11.0. The Morgan fingerprint density at radius 2 is 1.83 bits per heavy atom. The zero-order chi connectivity index (χ0) is 21.0. The molecule has 0 saturated carbocycles. The van der Waals surface area contributed by atoms with Crippen molar-refractivity contribution in [3.63, 3.8) is 0 Å². The molecule has 1 aromatic carbocycles. The molecule has 0 fully saturated rings. The van der Waals surface area contributed by atoms with E-state index in [9.17, 15) is 18.8 Å². The summed E-state index contributed by atoms with van der Waals surface area (Å²) in [7, 11) is 2.96. The van der Waals surface area contributed by atoms with Gasteiger partial charge in [-0.25, -0.2) is 14.2 Å². The summed E-state index contributed by atoms with van der Waals surface area (Å²) in [6, 6.07) is 5.55. The molecule has 0 aliphatic heterocycles. The Bertz CT molecular complexity index is 1130. The van der Waals surface area contributed by atoms with Gasteiger partial charge in [0, 0.05) is 27.1 Å². The minimum atomic E-state index is -0.445. The lowest BCUT2D eigenvalue weighted by molar-refractivity contribution is -0.144. The maximum Gasteiger partial charge on any atom is 0.332 e. The Kier molecular flexibility index (Phi) is 6.10. The first-order chi connectivity index (χ1) is 13.9. The first-order valence-electron chi connectivity index (χ1n) is 9.03. The van der Waals surface area contributed by atoms with Crippen LogP contribution in [-0.2, 0) is 30.2 Å². The number of aromatic nitrogens is 4. The molecule has 0 aliphatic carbocycles. The van der Waals surface area contributed by atoms with Gasteiger partial charge < -0.3 is 14.0 Å². The zero-order valence-electron chi connectivity index (χ0n) is 16.1. The Morgan fingerprint density at radius 3 is 2.55 bits per heavy atom. The van der Waals surface area contributed by atoms with Crippen molar-refractivity contribution >= 4 is 17.1 Å². The molecule has 3 aromatic rings. The van der Waals surface area contributed by atoms with E-state index in [1.807, 2.05) is 0 Å². The van der Waals surface area contributed by atoms with Crippen LogP contribution < -0.4 is 16.0 Å². The molecule has 0 bridgehead atoms. The van der Waals surface area contributed by atoms with Crippen LogP contribution in [0.25, 0.3) is 11.2 Å². The van der Waals surface area contributed by atoms with E-state index in [0.29, 0.717) is 29.9 Å². The summed E-state index contributed by atoms with van der Waals surface area (Å²) in [5.41, 5.74) is -0.255. The van der Waals surface area contributed by atoms with Gasteiger partial charge in [0.25, 0.3) is 5.56 Å². The van der Waals surface area contributed by atoms with Crippen LogP contribution in [0.3, 0.4) is 0 Å². The third kappa shape index (κ3) is 4.53. The number of carbonyl (C=O) groups excluding carboxylic acids is 1. The van der Waals surface area contributed by atoms with E-state index in [4.69, 9.17) is 9.47 Å². The number of benzene rings is 1. The molecule has 0 radical (unpaired) electrons. The van der Waals surface area contributed by atoms with Gasteiger partial charge in [0.15, 0.2) is 11.2 Å². The van der Waals surface area contributed by atoms with Crippen LogP contribution in [0.4, 0.5) is 4.39 Å². The number of rotatable bonds is 8. The van der Waals surface area contributed by atoms with Gasteiger partial charge in [0.1, 0.15) is 24.8 Å². The molecule has 2 heterocycles. The van der Waals surface area contributed by atoms with Gasteiger partial charge in [0.05, 0.1) is 6.33 Å². The van der Waals surface area contributed by atoms with E-state index in [1.165, 1.54) is 42.2 Å². The maximum absolute atomic E-state index is 12.8. The fourth-order valence-corrected chi connectivity index (χ4v) is 2.88. The van der Waals surface area contributed by atoms with Gasteiger partial charge in [-0.05, 0) is 30.7 Å². The Morgan fingerprint density at radius 1 is 1.10 bits per heavy atom. The summed E-state index contributed by atoms with van der Waals surface area (Å²) in [5, 5.41) is 0. The SMILES string of the molecule is Cn1c(=O)c2c(ncn2CCCC(=O)OCCOc2ccc(F)cc2)n(C)c1=O. The van der Waals surface area contributed by atoms with E-state index in [2.05, 4.69) is 4.98 Å². The highest BCUT2D eigenvalue weighted by Crippen LogP contribution is 2.11. The highest BCUT2D eigenvalue weighted by molar-refractivity contribution is 5.70. The lowest BCUT2D eigenvalue weighted by atomic mass is 10.3. The third-order valence-electron chi connectivity index (χ3n) is 4.43. The van der Waals surface area contributed by atoms with Crippen molar-refractivity contribution in [2.24, 2.45) is 14.1 Å². The van der Waals surface area contributed by atoms with Crippen LogP contribution in [-0.4, -0.2) is 37.9 Å². The van der Waals surface area contributed by atoms with E-state index in [-0.39, 0.29) is 25.5 Å². The van der Waals surface area contributed by atoms with Gasteiger partial charge >= 0.3 is 11.7 Å². The number of fused-ring (bicyclic) bond motifs is 1. The van der Waals surface area contributed by atoms with Crippen LogP contribution in [0.2, 0.25) is 0 Å². The largest absolute Gasteiger partial charge is 0.490 e. The van der Waals surface area contributed by atoms with Crippen molar-refractivity contribution in [3.8, 4) is 5.75 Å². The van der Waals surface area contributed by atoms with Crippen molar-refractivity contribution in [2.75, 3.05) is 13.2 Å². The second kappa shape index (κ2) is 8.72. The number of esters is 1. The molecular formula is C19H21FN4O5. The van der Waals surface area contributed by atoms with Crippen LogP contribution in [0.15, 0.2) is 40.2 Å². The first-order valence-corrected chi connectivity index (χ1v) is 9.03. The molecule has 0 amide bonds. The zero-order valence-corrected chi connectivity index (χ0v) is 16.1. The van der Waals surface area contributed by atoms with E-state index in [0.717, 1.165) is 4.57 Å². The van der Waals surface area contributed by atoms with Crippen molar-refractivity contribution in [3.05, 3.63) is 57.2 Å². The molecule has 9 nitrogen and oxygen atoms in total. The van der Waals surface area contributed by atoms with Gasteiger partial charge in [-0.15, -0.1) is 0 Å². The van der Waals surface area contributed by atoms with Gasteiger partial charge in [-0.2, -0.15) is 0 Å². The number of carbonyl (C=O) groups is 1. The lowest BCUT2D eigenvalue weighted by Gasteiger charge is -2.08. The molecule has 2 aromatic heterocycles. The van der Waals surface area contributed by atoms with Crippen LogP contribution in [0.5, 0.6) is 5.75 Å². The summed E-state index contributed by atoms with van der Waals surface area (Å²) < 4.78 is 27.2. The number of nitrogens with zero attached hydrogens (tertiary/aromatic N) is 4. The average molecular weight is 404 g/mol. The Hall–Kier alpha value is -3.43. The fraction of sp³-hybridized carbons (Fsp3) is 0.368. The van der Waals surface area contributed by atoms with Gasteiger partial charge in [0.2, 0.25) is 0 Å². The highest BCUT2D eigenvalue weighted by Gasteiger charge is 2.14. The van der Waals surface area contributed by atoms with Gasteiger partial charge in [-0.1, -0.05) is 0 Å². The van der Waals surface area contributed by atoms with Crippen LogP contribution in [0.1, 0.15) is 12.8 Å². The minimum Gasteiger partial charge on any atom is -0.490 e. The standard InChI is InChI=1S/C19H21FN4O5/c1-22-17-16(18(26)23(2)19(22)27)24(12-21-17)9-3-4-15(25)29-11-10-28-14-7-5-13(20)6-8-14/h5-8,12H,3-4,9-11H2,1-2H3. The minimum absolute atomic E-state index is 0.0763. The van der Waals surface area contributed by atoms with E-state index in [1.54, 1.807) is 11.6 Å². The molecule has 0 unspecified atom stereocenters. The monoisotopic (exact) mass is 404 g/mol. The quantitative estimate of drug-likeness (QED) is 0.410. The molecule has 0 N–H and O–H groups in total. The number of imidazole rings is 1. The Balaban J connectivity index is 1.47. The highest BCUT2D eigenvalue weighted by atomic mass is 19.1. The number of aryl methyl sites for hydroxylation is 2. The molecule has 10 heteroatoms. The van der Waals surface area contributed by atoms with Gasteiger partial charge in [-0.3, -0.25) is 18.7 Å². The third-order valence-corrected chi connectivity index (χ3v) is 4.43. The number of ether oxygens (including phenoxy) is 2. The van der Waals surface area contributed by atoms with Crippen molar-refractivity contribution < 1.29 is 18.7 Å². The van der Waals surface area contributed by atoms with Crippen molar-refractivity contribution in [2.45, 2.75) is 19.4 Å². The van der Waals surface area contributed by atoms with Crippen molar-refractivity contribution in [1.29, 1.82) is 0 Å². The second-order valence-electron chi connectivity index (χ2n) is 6.44. The maximum atomic E-state index is 12.8. The predicted octanol–water partition coefficient (Wildman–Crippen LogP) is 0.975. The molecule has 29 heavy (non-hydrogen) atoms. The Labute approximate surface area is 164 Å². The molecule has 154 valence electrons. The molecule has 0 saturated heterocycles. The summed E-state index contributed by atoms with van der Waals surface area (Å²) in [6.45, 7) is 0.617. The topological polar surface area (TPSA) is 97.3 Å². The summed E-state index contributed by atoms with van der Waals surface area (Å²) in [4.78, 5) is 40.3. The smallest absolute Gasteiger partial charge is 0.332 e. The summed E-state index contributed by atoms with van der Waals surface area (Å²) in [5.74, 6) is -0.252. The summed E-state index contributed by atoms with van der Waals surface area (Å²) in [6.07, 6.45) is 2.07. The molecule has 3 rings (SSSR count). The molecular weight excluding hydrogens is 383 g/mol. The fourth-order valence-electron chi connectivity index (χ4n) is 2.88. The number of hydrogen-bond acceptors (Lipinski definition) is 6. The molecule has 0 spiro atoms. The summed E-state index contributed by atoms with van der Waals surface area (Å²) >= 11 is 0. The average Bonchev–Trinajstić information content (AvgIpc) is 3.13. The predicted molar refractivity (Wildman–Crippen MR) is 102 cm³/mol. The number of hydrogen-bond donors (Lipinski definition) is 0. The molecule has 0 atom stereocenters. The molecule has 0 aliphatic rings. The van der Waals surface area contributed by atoms with Crippen LogP contribution in [0, 0.1) is 5.82 Å². The number of halogens is 1. The van der Waals surface area contributed by atoms with E-state index >= 15 is 0 Å². The first kappa shape index (κ1) is 20.3. The van der Waals surface area contributed by atoms with E-state index < -0.39 is 17.2 Å².